The second-order valence-electron chi connectivity index (χ2n) is 26.3. The first-order valence-corrected chi connectivity index (χ1v) is 36.0. The molecular weight excluding hydrogens is 1200 g/mol. The fraction of sp³-hybridized carbons (Fsp3) is 0.451. The zero-order valence-electron chi connectivity index (χ0n) is 54.7. The summed E-state index contributed by atoms with van der Waals surface area (Å²) in [6, 6.07) is 44.5. The first kappa shape index (κ1) is 72.0. The predicted molar refractivity (Wildman–Crippen MR) is 358 cm³/mol. The number of ether oxygens (including phenoxy) is 3. The zero-order valence-corrected chi connectivity index (χ0v) is 57.1. The van der Waals surface area contributed by atoms with Crippen LogP contribution < -0.4 is 14.2 Å². The Morgan fingerprint density at radius 2 is 0.589 bits per heavy atom. The molecule has 19 heteroatoms. The van der Waals surface area contributed by atoms with Crippen molar-refractivity contribution in [3.05, 3.63) is 196 Å². The maximum Gasteiger partial charge on any atom is 0.254 e. The first-order valence-electron chi connectivity index (χ1n) is 30.5. The number of sulfone groups is 3. The van der Waals surface area contributed by atoms with Gasteiger partial charge in [0, 0.05) is 61.1 Å². The quantitative estimate of drug-likeness (QED) is 0.101. The van der Waals surface area contributed by atoms with E-state index in [2.05, 4.69) is 98.7 Å². The Morgan fingerprint density at radius 1 is 0.389 bits per heavy atom. The number of aliphatic hydroxyl groups excluding tert-OH is 1. The highest BCUT2D eigenvalue weighted by atomic mass is 32.2. The maximum absolute atomic E-state index is 13.3. The van der Waals surface area contributed by atoms with E-state index in [-0.39, 0.29) is 93.2 Å². The molecule has 3 aliphatic heterocycles. The molecule has 3 fully saturated rings. The van der Waals surface area contributed by atoms with Gasteiger partial charge < -0.3 is 34.0 Å². The molecule has 6 aromatic rings. The minimum absolute atomic E-state index is 0.0228. The minimum atomic E-state index is -3.10. The number of methoxy groups -OCH3 is 3. The lowest BCUT2D eigenvalue weighted by Crippen LogP contribution is -2.40. The SMILES string of the molecule is CCO.COc1ccc(C(=O)N(Cc2ccc(C(C)(C)C)cc2)C2CCS(=O)(=O)C2)cc1.COc1ccc(C(=O)N(Cc2ccc(C(C)(C)C)cc2)C2CCS(=O)(=O)C2)cc1.COc1ccc(C(=O)N(Cc2ccc(C(C)(C)C)cc2)C2CCS(=O)(=O)C2)cc1. The van der Waals surface area contributed by atoms with Gasteiger partial charge in [0.15, 0.2) is 29.5 Å². The van der Waals surface area contributed by atoms with Crippen molar-refractivity contribution in [1.29, 1.82) is 0 Å². The van der Waals surface area contributed by atoms with Gasteiger partial charge in [0.05, 0.1) is 55.8 Å². The number of amides is 3. The lowest BCUT2D eigenvalue weighted by atomic mass is 9.86. The Bertz CT molecular complexity index is 3280. The smallest absolute Gasteiger partial charge is 0.254 e. The molecule has 3 amide bonds. The van der Waals surface area contributed by atoms with Gasteiger partial charge >= 0.3 is 0 Å². The van der Waals surface area contributed by atoms with Gasteiger partial charge in [-0.3, -0.25) is 14.4 Å². The Hall–Kier alpha value is -7.06. The topological polar surface area (TPSA) is 211 Å². The second kappa shape index (κ2) is 30.8. The molecule has 90 heavy (non-hydrogen) atoms. The average Bonchev–Trinajstić information content (AvgIpc) is 1.83. The van der Waals surface area contributed by atoms with Crippen LogP contribution >= 0.6 is 0 Å². The molecule has 0 radical (unpaired) electrons. The molecule has 3 atom stereocenters. The summed E-state index contributed by atoms with van der Waals surface area (Å²) in [7, 11) is -4.57. The first-order chi connectivity index (χ1) is 42.2. The van der Waals surface area contributed by atoms with E-state index in [1.165, 1.54) is 16.7 Å². The van der Waals surface area contributed by atoms with E-state index in [1.807, 2.05) is 36.4 Å². The number of carbonyl (C=O) groups excluding carboxylic acids is 3. The highest BCUT2D eigenvalue weighted by molar-refractivity contribution is 7.92. The van der Waals surface area contributed by atoms with Crippen LogP contribution in [-0.4, -0.2) is 143 Å². The molecule has 1 N–H and O–H groups in total. The van der Waals surface area contributed by atoms with Gasteiger partial charge in [-0.05, 0) is 149 Å². The predicted octanol–water partition coefficient (Wildman–Crippen LogP) is 11.5. The highest BCUT2D eigenvalue weighted by Gasteiger charge is 2.38. The van der Waals surface area contributed by atoms with E-state index in [0.717, 1.165) is 16.7 Å². The summed E-state index contributed by atoms with van der Waals surface area (Å²) >= 11 is 0. The van der Waals surface area contributed by atoms with E-state index in [9.17, 15) is 39.6 Å². The van der Waals surface area contributed by atoms with E-state index in [4.69, 9.17) is 19.3 Å². The summed E-state index contributed by atoms with van der Waals surface area (Å²) in [5.74, 6) is 2.02. The van der Waals surface area contributed by atoms with Crippen LogP contribution in [0.15, 0.2) is 146 Å². The average molecular weight is 1290 g/mol. The number of hydrogen-bond donors (Lipinski definition) is 1. The van der Waals surface area contributed by atoms with E-state index < -0.39 is 29.5 Å². The molecule has 0 bridgehead atoms. The van der Waals surface area contributed by atoms with Gasteiger partial charge in [-0.15, -0.1) is 0 Å². The van der Waals surface area contributed by atoms with Crippen LogP contribution in [0, 0.1) is 0 Å². The molecule has 3 saturated heterocycles. The van der Waals surface area contributed by atoms with Gasteiger partial charge in [0.2, 0.25) is 0 Å². The molecule has 3 aliphatic rings. The van der Waals surface area contributed by atoms with Crippen molar-refractivity contribution in [2.24, 2.45) is 0 Å². The number of hydrogen-bond acceptors (Lipinski definition) is 13. The summed E-state index contributed by atoms with van der Waals surface area (Å²) in [5.41, 5.74) is 8.37. The van der Waals surface area contributed by atoms with Crippen molar-refractivity contribution in [3.8, 4) is 17.2 Å². The standard InChI is InChI=1S/3C23H29NO4S.C2H6O/c3*1-23(2,3)19-9-5-17(6-10-19)15-24(20-13-14-29(26,27)16-20)22(25)18-7-11-21(28-4)12-8-18;1-2-3/h3*5-12,20H,13-16H2,1-4H3;3H,2H2,1H3. The summed E-state index contributed by atoms with van der Waals surface area (Å²) in [4.78, 5) is 44.9. The molecular formula is C71H93N3O13S3. The lowest BCUT2D eigenvalue weighted by molar-refractivity contribution is 0.0673. The molecule has 3 unspecified atom stereocenters. The third kappa shape index (κ3) is 20.7. The van der Waals surface area contributed by atoms with E-state index in [0.29, 0.717) is 72.8 Å². The van der Waals surface area contributed by atoms with Crippen molar-refractivity contribution in [1.82, 2.24) is 14.7 Å². The second-order valence-corrected chi connectivity index (χ2v) is 33.0. The number of rotatable bonds is 15. The third-order valence-electron chi connectivity index (χ3n) is 16.3. The van der Waals surface area contributed by atoms with Crippen LogP contribution in [0.2, 0.25) is 0 Å². The maximum atomic E-state index is 13.3. The fourth-order valence-corrected chi connectivity index (χ4v) is 16.0. The van der Waals surface area contributed by atoms with Crippen LogP contribution in [0.3, 0.4) is 0 Å². The Labute approximate surface area is 535 Å². The molecule has 0 aromatic heterocycles. The molecule has 6 aromatic carbocycles. The summed E-state index contributed by atoms with van der Waals surface area (Å²) < 4.78 is 87.7. The zero-order chi connectivity index (χ0) is 66.4. The minimum Gasteiger partial charge on any atom is -0.497 e. The third-order valence-corrected chi connectivity index (χ3v) is 21.5. The molecule has 0 spiro atoms. The van der Waals surface area contributed by atoms with Crippen LogP contribution in [0.5, 0.6) is 17.2 Å². The van der Waals surface area contributed by atoms with E-state index >= 15 is 0 Å². The molecule has 488 valence electrons. The molecule has 0 aliphatic carbocycles. The number of aliphatic hydroxyl groups is 1. The number of nitrogens with zero attached hydrogens (tertiary/aromatic N) is 3. The fourth-order valence-electron chi connectivity index (χ4n) is 10.8. The van der Waals surface area contributed by atoms with Gasteiger partial charge in [-0.2, -0.15) is 0 Å². The summed E-state index contributed by atoms with van der Waals surface area (Å²) in [6.07, 6.45) is 1.43. The number of benzene rings is 6. The van der Waals surface area contributed by atoms with Crippen molar-refractivity contribution in [2.45, 2.75) is 143 Å². The van der Waals surface area contributed by atoms with Crippen molar-refractivity contribution in [2.75, 3.05) is 62.5 Å². The van der Waals surface area contributed by atoms with Crippen LogP contribution in [0.25, 0.3) is 0 Å². The molecule has 9 rings (SSSR count). The Kier molecular flexibility index (Phi) is 24.7. The lowest BCUT2D eigenvalue weighted by Gasteiger charge is -2.29. The Balaban J connectivity index is 0.000000210. The highest BCUT2D eigenvalue weighted by Crippen LogP contribution is 2.30. The molecule has 0 saturated carbocycles. The normalized spacial score (nSPS) is 18.0. The van der Waals surface area contributed by atoms with Gasteiger partial charge in [0.25, 0.3) is 17.7 Å². The Morgan fingerprint density at radius 3 is 0.744 bits per heavy atom. The molecule has 16 nitrogen and oxygen atoms in total. The van der Waals surface area contributed by atoms with Gasteiger partial charge in [-0.25, -0.2) is 25.3 Å². The summed E-state index contributed by atoms with van der Waals surface area (Å²) in [5, 5.41) is 7.57. The van der Waals surface area contributed by atoms with Crippen molar-refractivity contribution in [3.63, 3.8) is 0 Å². The largest absolute Gasteiger partial charge is 0.497 e. The van der Waals surface area contributed by atoms with Crippen LogP contribution in [0.1, 0.15) is 153 Å². The number of carbonyl (C=O) groups is 3. The van der Waals surface area contributed by atoms with Crippen molar-refractivity contribution >= 4 is 47.2 Å². The summed E-state index contributed by atoms with van der Waals surface area (Å²) in [6.45, 7) is 22.5. The van der Waals surface area contributed by atoms with E-state index in [1.54, 1.807) is 116 Å². The van der Waals surface area contributed by atoms with Gasteiger partial charge in [-0.1, -0.05) is 135 Å². The van der Waals surface area contributed by atoms with Crippen molar-refractivity contribution < 1.29 is 59.0 Å². The van der Waals surface area contributed by atoms with Crippen LogP contribution in [-0.2, 0) is 65.4 Å². The van der Waals surface area contributed by atoms with Gasteiger partial charge in [0.1, 0.15) is 17.2 Å². The molecule has 3 heterocycles. The monoisotopic (exact) mass is 1290 g/mol. The van der Waals surface area contributed by atoms with Crippen LogP contribution in [0.4, 0.5) is 0 Å².